The Morgan fingerprint density at radius 2 is 1.41 bits per heavy atom. The largest absolute Gasteiger partial charge is 0.456 e. The van der Waals surface area contributed by atoms with Crippen LogP contribution >= 0.6 is 0 Å². The maximum Gasteiger partial charge on any atom is 0.164 e. The summed E-state index contributed by atoms with van der Waals surface area (Å²) in [6.07, 6.45) is 2.01. The number of hydrogen-bond acceptors (Lipinski definition) is 4. The fraction of sp³-hybridized carbons (Fsp3) is 0.0800. The van der Waals surface area contributed by atoms with Crippen molar-refractivity contribution in [2.75, 3.05) is 0 Å². The van der Waals surface area contributed by atoms with Gasteiger partial charge in [0, 0.05) is 21.9 Å². The fourth-order valence-electron chi connectivity index (χ4n) is 3.39. The Labute approximate surface area is 168 Å². The van der Waals surface area contributed by atoms with Crippen LogP contribution in [0.4, 0.5) is 0 Å². The average Bonchev–Trinajstić information content (AvgIpc) is 3.16. The van der Waals surface area contributed by atoms with Gasteiger partial charge in [0.1, 0.15) is 11.2 Å². The van der Waals surface area contributed by atoms with Crippen molar-refractivity contribution in [3.8, 4) is 22.8 Å². The number of hydrogen-bond donors (Lipinski definition) is 0. The lowest BCUT2D eigenvalue weighted by atomic mass is 10.1. The molecule has 0 aliphatic carbocycles. The highest BCUT2D eigenvalue weighted by Gasteiger charge is 2.13. The molecule has 0 N–H and O–H groups in total. The highest BCUT2D eigenvalue weighted by atomic mass is 16.3. The van der Waals surface area contributed by atoms with Gasteiger partial charge in [0.05, 0.1) is 0 Å². The predicted molar refractivity (Wildman–Crippen MR) is 117 cm³/mol. The number of rotatable bonds is 3. The zero-order chi connectivity index (χ0) is 19.8. The monoisotopic (exact) mass is 377 g/mol. The summed E-state index contributed by atoms with van der Waals surface area (Å²) in [7, 11) is 0. The molecule has 5 aromatic rings. The van der Waals surface area contributed by atoms with Gasteiger partial charge in [0.15, 0.2) is 17.5 Å². The van der Waals surface area contributed by atoms with Crippen molar-refractivity contribution in [1.29, 1.82) is 0 Å². The lowest BCUT2D eigenvalue weighted by Gasteiger charge is -2.08. The first kappa shape index (κ1) is 17.3. The number of aromatic nitrogens is 3. The highest BCUT2D eigenvalue weighted by molar-refractivity contribution is 6.05. The van der Waals surface area contributed by atoms with Gasteiger partial charge in [0.25, 0.3) is 0 Å². The first-order chi connectivity index (χ1) is 14.2. The zero-order valence-electron chi connectivity index (χ0n) is 16.3. The first-order valence-electron chi connectivity index (χ1n) is 9.59. The third-order valence-corrected chi connectivity index (χ3v) is 5.09. The third-order valence-electron chi connectivity index (χ3n) is 5.09. The molecular weight excluding hydrogens is 358 g/mol. The van der Waals surface area contributed by atoms with Crippen LogP contribution in [-0.2, 0) is 0 Å². The molecule has 2 aromatic heterocycles. The Hall–Kier alpha value is -3.79. The Balaban J connectivity index is 1.71. The summed E-state index contributed by atoms with van der Waals surface area (Å²) < 4.78 is 6.05. The minimum Gasteiger partial charge on any atom is -0.456 e. The topological polar surface area (TPSA) is 51.8 Å². The lowest BCUT2D eigenvalue weighted by molar-refractivity contribution is 0.669. The van der Waals surface area contributed by atoms with Gasteiger partial charge in [-0.15, -0.1) is 0 Å². The maximum atomic E-state index is 6.05. The Morgan fingerprint density at radius 1 is 0.724 bits per heavy atom. The smallest absolute Gasteiger partial charge is 0.164 e. The van der Waals surface area contributed by atoms with E-state index in [4.69, 9.17) is 14.4 Å². The molecule has 0 fully saturated rings. The second-order valence-corrected chi connectivity index (χ2v) is 6.95. The van der Waals surface area contributed by atoms with E-state index in [1.165, 1.54) is 0 Å². The Morgan fingerprint density at radius 3 is 2.21 bits per heavy atom. The van der Waals surface area contributed by atoms with Crippen LogP contribution in [-0.4, -0.2) is 15.0 Å². The summed E-state index contributed by atoms with van der Waals surface area (Å²) >= 11 is 0. The molecule has 140 valence electrons. The summed E-state index contributed by atoms with van der Waals surface area (Å²) in [6.45, 7) is 4.00. The summed E-state index contributed by atoms with van der Waals surface area (Å²) in [5, 5.41) is 2.20. The van der Waals surface area contributed by atoms with Crippen LogP contribution in [0.15, 0.2) is 83.3 Å². The van der Waals surface area contributed by atoms with Crippen LogP contribution in [0, 0.1) is 0 Å². The Kier molecular flexibility index (Phi) is 4.17. The number of nitrogens with zero attached hydrogens (tertiary/aromatic N) is 3. The summed E-state index contributed by atoms with van der Waals surface area (Å²) in [4.78, 5) is 14.2. The second kappa shape index (κ2) is 6.99. The van der Waals surface area contributed by atoms with Crippen molar-refractivity contribution < 1.29 is 4.42 Å². The standard InChI is InChI=1S/C25H19N3O/c1-3-16(2)23-26-24(17-9-5-4-6-10-17)28-25(27-23)18-13-14-20-19-11-7-8-12-21(19)29-22(20)15-18/h3-15H,1-2H3/b16-3+. The molecule has 0 spiro atoms. The molecule has 0 aliphatic rings. The van der Waals surface area contributed by atoms with Crippen molar-refractivity contribution in [1.82, 2.24) is 15.0 Å². The minimum atomic E-state index is 0.636. The molecule has 3 aromatic carbocycles. The molecule has 0 saturated heterocycles. The second-order valence-electron chi connectivity index (χ2n) is 6.95. The fourth-order valence-corrected chi connectivity index (χ4v) is 3.39. The van der Waals surface area contributed by atoms with E-state index in [1.807, 2.05) is 80.6 Å². The van der Waals surface area contributed by atoms with Crippen LogP contribution in [0.2, 0.25) is 0 Å². The van der Waals surface area contributed by atoms with E-state index in [1.54, 1.807) is 0 Å². The Bertz CT molecular complexity index is 1370. The molecule has 5 rings (SSSR count). The number of furan rings is 1. The van der Waals surface area contributed by atoms with E-state index < -0.39 is 0 Å². The summed E-state index contributed by atoms with van der Waals surface area (Å²) in [5.74, 6) is 1.98. The van der Waals surface area contributed by atoms with Crippen LogP contribution in [0.25, 0.3) is 50.3 Å². The molecule has 4 nitrogen and oxygen atoms in total. The van der Waals surface area contributed by atoms with Gasteiger partial charge in [0.2, 0.25) is 0 Å². The van der Waals surface area contributed by atoms with Crippen molar-refractivity contribution >= 4 is 27.5 Å². The average molecular weight is 377 g/mol. The summed E-state index contributed by atoms with van der Waals surface area (Å²) in [5.41, 5.74) is 4.59. The molecule has 4 heteroatoms. The first-order valence-corrected chi connectivity index (χ1v) is 9.59. The van der Waals surface area contributed by atoms with Crippen molar-refractivity contribution in [2.45, 2.75) is 13.8 Å². The molecule has 0 amide bonds. The van der Waals surface area contributed by atoms with Crippen LogP contribution in [0.3, 0.4) is 0 Å². The van der Waals surface area contributed by atoms with Crippen LogP contribution < -0.4 is 0 Å². The van der Waals surface area contributed by atoms with Gasteiger partial charge >= 0.3 is 0 Å². The van der Waals surface area contributed by atoms with Crippen molar-refractivity contribution in [2.24, 2.45) is 0 Å². The van der Waals surface area contributed by atoms with Gasteiger partial charge in [-0.3, -0.25) is 0 Å². The molecule has 0 saturated carbocycles. The number of benzene rings is 3. The zero-order valence-corrected chi connectivity index (χ0v) is 16.3. The van der Waals surface area contributed by atoms with E-state index in [0.717, 1.165) is 38.6 Å². The van der Waals surface area contributed by atoms with Crippen LogP contribution in [0.5, 0.6) is 0 Å². The van der Waals surface area contributed by atoms with Crippen molar-refractivity contribution in [3.63, 3.8) is 0 Å². The van der Waals surface area contributed by atoms with Gasteiger partial charge in [-0.2, -0.15) is 0 Å². The van der Waals surface area contributed by atoms with E-state index in [-0.39, 0.29) is 0 Å². The summed E-state index contributed by atoms with van der Waals surface area (Å²) in [6, 6.07) is 24.2. The normalized spacial score (nSPS) is 12.0. The van der Waals surface area contributed by atoms with Gasteiger partial charge in [-0.1, -0.05) is 60.7 Å². The molecule has 0 unspecified atom stereocenters. The van der Waals surface area contributed by atoms with E-state index in [0.29, 0.717) is 17.5 Å². The predicted octanol–water partition coefficient (Wildman–Crippen LogP) is 6.53. The maximum absolute atomic E-state index is 6.05. The lowest BCUT2D eigenvalue weighted by Crippen LogP contribution is -2.01. The van der Waals surface area contributed by atoms with Crippen LogP contribution in [0.1, 0.15) is 19.7 Å². The SMILES string of the molecule is C/C=C(\C)c1nc(-c2ccccc2)nc(-c2ccc3c(c2)oc2ccccc23)n1. The van der Waals surface area contributed by atoms with E-state index in [2.05, 4.69) is 17.1 Å². The molecule has 29 heavy (non-hydrogen) atoms. The van der Waals surface area contributed by atoms with Gasteiger partial charge < -0.3 is 4.42 Å². The minimum absolute atomic E-state index is 0.636. The molecule has 0 radical (unpaired) electrons. The van der Waals surface area contributed by atoms with E-state index >= 15 is 0 Å². The highest BCUT2D eigenvalue weighted by Crippen LogP contribution is 2.31. The van der Waals surface area contributed by atoms with Crippen molar-refractivity contribution in [3.05, 3.63) is 84.7 Å². The number of allylic oxidation sites excluding steroid dienone is 2. The quantitative estimate of drug-likeness (QED) is 0.359. The van der Waals surface area contributed by atoms with Gasteiger partial charge in [-0.25, -0.2) is 15.0 Å². The molecule has 0 atom stereocenters. The molecule has 2 heterocycles. The molecular formula is C25H19N3O. The number of para-hydroxylation sites is 1. The third kappa shape index (κ3) is 3.09. The number of fused-ring (bicyclic) bond motifs is 3. The molecule has 0 aliphatic heterocycles. The van der Waals surface area contributed by atoms with E-state index in [9.17, 15) is 0 Å². The van der Waals surface area contributed by atoms with Gasteiger partial charge in [-0.05, 0) is 37.6 Å². The molecule has 0 bridgehead atoms.